The minimum Gasteiger partial charge on any atom is -0.465 e. The van der Waals surface area contributed by atoms with Crippen molar-refractivity contribution in [1.82, 2.24) is 4.90 Å². The summed E-state index contributed by atoms with van der Waals surface area (Å²) in [6.07, 6.45) is 3.03. The average molecular weight is 438 g/mol. The van der Waals surface area contributed by atoms with Gasteiger partial charge in [-0.25, -0.2) is 4.79 Å². The van der Waals surface area contributed by atoms with E-state index in [1.807, 2.05) is 6.92 Å². The Bertz CT molecular complexity index is 440. The number of allylic oxidation sites excluding steroid dienone is 1. The van der Waals surface area contributed by atoms with Crippen molar-refractivity contribution >= 4 is 39.8 Å². The zero-order valence-electron chi connectivity index (χ0n) is 18.3. The van der Waals surface area contributed by atoms with Gasteiger partial charge in [-0.05, 0) is 72.3 Å². The number of hydrogen-bond donors (Lipinski definition) is 1. The summed E-state index contributed by atoms with van der Waals surface area (Å²) in [5, 5.41) is 9.31. The Balaban J connectivity index is 5.53. The highest BCUT2D eigenvalue weighted by molar-refractivity contribution is 6.90. The molecule has 0 unspecified atom stereocenters. The number of amides is 1. The third-order valence-electron chi connectivity index (χ3n) is 2.84. The van der Waals surface area contributed by atoms with Crippen molar-refractivity contribution in [3.8, 4) is 0 Å². The van der Waals surface area contributed by atoms with Crippen LogP contribution in [0.25, 0.3) is 0 Å². The Hall–Kier alpha value is -0.242. The third kappa shape index (κ3) is 12.2. The molecular formula is C16H39NO5Si4. The minimum atomic E-state index is -2.88. The second-order valence-corrected chi connectivity index (χ2v) is 26.4. The fourth-order valence-corrected chi connectivity index (χ4v) is 17.1. The fraction of sp³-hybridized carbons (Fsp3) is 0.812. The number of carboxylic acid groups (broad SMARTS) is 1. The molecule has 0 fully saturated rings. The van der Waals surface area contributed by atoms with Gasteiger partial charge in [-0.15, -0.1) is 0 Å². The first kappa shape index (κ1) is 25.8. The van der Waals surface area contributed by atoms with E-state index in [1.165, 1.54) is 4.90 Å². The van der Waals surface area contributed by atoms with Crippen molar-refractivity contribution in [2.24, 2.45) is 0 Å². The predicted octanol–water partition coefficient (Wildman–Crippen LogP) is 5.38. The van der Waals surface area contributed by atoms with Crippen LogP contribution in [0.5, 0.6) is 0 Å². The molecule has 1 amide bonds. The summed E-state index contributed by atoms with van der Waals surface area (Å²) < 4.78 is 19.8. The van der Waals surface area contributed by atoms with Crippen molar-refractivity contribution in [1.29, 1.82) is 0 Å². The van der Waals surface area contributed by atoms with E-state index in [9.17, 15) is 9.90 Å². The highest BCUT2D eigenvalue weighted by Gasteiger charge is 2.49. The normalized spacial score (nSPS) is 14.1. The van der Waals surface area contributed by atoms with Crippen LogP contribution in [0.3, 0.4) is 0 Å². The van der Waals surface area contributed by atoms with Crippen molar-refractivity contribution in [3.05, 3.63) is 12.3 Å². The summed E-state index contributed by atoms with van der Waals surface area (Å²) in [5.74, 6) is 0. The zero-order chi connectivity index (χ0) is 20.8. The molecule has 0 rings (SSSR count). The van der Waals surface area contributed by atoms with Gasteiger partial charge in [-0.2, -0.15) is 0 Å². The van der Waals surface area contributed by atoms with Gasteiger partial charge < -0.3 is 17.5 Å². The average Bonchev–Trinajstić information content (AvgIpc) is 2.30. The molecule has 0 spiro atoms. The van der Waals surface area contributed by atoms with Crippen LogP contribution < -0.4 is 0 Å². The minimum absolute atomic E-state index is 0.410. The molecule has 1 N–H and O–H groups in total. The lowest BCUT2D eigenvalue weighted by molar-refractivity contribution is 0.161. The molecule has 0 saturated heterocycles. The monoisotopic (exact) mass is 437 g/mol. The van der Waals surface area contributed by atoms with Gasteiger partial charge in [-0.1, -0.05) is 6.08 Å². The predicted molar refractivity (Wildman–Crippen MR) is 118 cm³/mol. The van der Waals surface area contributed by atoms with E-state index in [2.05, 4.69) is 58.9 Å². The molecule has 26 heavy (non-hydrogen) atoms. The van der Waals surface area contributed by atoms with Gasteiger partial charge in [0.05, 0.1) is 0 Å². The van der Waals surface area contributed by atoms with Crippen LogP contribution in [-0.4, -0.2) is 56.4 Å². The molecule has 0 aliphatic rings. The highest BCUT2D eigenvalue weighted by Crippen LogP contribution is 2.30. The Labute approximate surface area is 164 Å². The van der Waals surface area contributed by atoms with Gasteiger partial charge in [-0.3, -0.25) is 4.90 Å². The molecule has 154 valence electrons. The topological polar surface area (TPSA) is 68.2 Å². The van der Waals surface area contributed by atoms with Crippen LogP contribution >= 0.6 is 0 Å². The highest BCUT2D eigenvalue weighted by atomic mass is 28.5. The second kappa shape index (κ2) is 9.80. The molecule has 10 heteroatoms. The SMILES string of the molecule is CC=CN(CCC[Si](O[Si](C)(C)C)(O[Si](C)(C)C)O[Si](C)(C)C)C(=O)O. The molecule has 0 bridgehead atoms. The van der Waals surface area contributed by atoms with Gasteiger partial charge in [0, 0.05) is 18.8 Å². The lowest BCUT2D eigenvalue weighted by Crippen LogP contribution is -2.60. The Morgan fingerprint density at radius 2 is 1.27 bits per heavy atom. The summed E-state index contributed by atoms with van der Waals surface area (Å²) in [6, 6.07) is 0.646. The van der Waals surface area contributed by atoms with Crippen LogP contribution in [-0.2, 0) is 12.3 Å². The van der Waals surface area contributed by atoms with Gasteiger partial charge in [0.25, 0.3) is 0 Å². The van der Waals surface area contributed by atoms with E-state index >= 15 is 0 Å². The second-order valence-electron chi connectivity index (χ2n) is 9.39. The third-order valence-corrected chi connectivity index (χ3v) is 14.9. The summed E-state index contributed by atoms with van der Waals surface area (Å²) in [5.41, 5.74) is 0. The number of hydrogen-bond acceptors (Lipinski definition) is 4. The van der Waals surface area contributed by atoms with E-state index < -0.39 is 39.8 Å². The first-order chi connectivity index (χ1) is 11.5. The summed E-state index contributed by atoms with van der Waals surface area (Å²) in [6.45, 7) is 21.6. The van der Waals surface area contributed by atoms with Gasteiger partial charge >= 0.3 is 14.9 Å². The zero-order valence-corrected chi connectivity index (χ0v) is 22.3. The quantitative estimate of drug-likeness (QED) is 0.439. The lowest BCUT2D eigenvalue weighted by Gasteiger charge is -2.43. The Morgan fingerprint density at radius 3 is 1.54 bits per heavy atom. The maximum absolute atomic E-state index is 11.3. The van der Waals surface area contributed by atoms with E-state index in [4.69, 9.17) is 12.3 Å². The molecule has 0 saturated carbocycles. The largest absolute Gasteiger partial charge is 0.469 e. The Morgan fingerprint density at radius 1 is 0.885 bits per heavy atom. The van der Waals surface area contributed by atoms with Crippen LogP contribution in [0, 0.1) is 0 Å². The van der Waals surface area contributed by atoms with E-state index in [-0.39, 0.29) is 0 Å². The first-order valence-electron chi connectivity index (χ1n) is 9.21. The fourth-order valence-electron chi connectivity index (χ4n) is 2.49. The van der Waals surface area contributed by atoms with Crippen LogP contribution in [0.2, 0.25) is 65.0 Å². The molecule has 0 aromatic carbocycles. The van der Waals surface area contributed by atoms with Crippen molar-refractivity contribution < 1.29 is 22.2 Å². The van der Waals surface area contributed by atoms with Crippen LogP contribution in [0.1, 0.15) is 13.3 Å². The van der Waals surface area contributed by atoms with Crippen molar-refractivity contribution in [2.75, 3.05) is 6.54 Å². The molecule has 0 radical (unpaired) electrons. The molecule has 0 heterocycles. The number of rotatable bonds is 11. The number of carbonyl (C=O) groups is 1. The van der Waals surface area contributed by atoms with Gasteiger partial charge in [0.2, 0.25) is 0 Å². The van der Waals surface area contributed by atoms with Gasteiger partial charge in [0.1, 0.15) is 0 Å². The molecule has 0 aromatic heterocycles. The molecule has 6 nitrogen and oxygen atoms in total. The first-order valence-corrected chi connectivity index (χ1v) is 21.4. The molecule has 0 aliphatic heterocycles. The van der Waals surface area contributed by atoms with E-state index in [0.29, 0.717) is 19.0 Å². The molecule has 0 atom stereocenters. The summed E-state index contributed by atoms with van der Waals surface area (Å²) in [7, 11) is -8.57. The Kier molecular flexibility index (Phi) is 9.71. The number of nitrogens with zero attached hydrogens (tertiary/aromatic N) is 1. The van der Waals surface area contributed by atoms with Crippen molar-refractivity contribution in [3.63, 3.8) is 0 Å². The summed E-state index contributed by atoms with van der Waals surface area (Å²) >= 11 is 0. The van der Waals surface area contributed by atoms with Crippen LogP contribution in [0.4, 0.5) is 4.79 Å². The standard InChI is InChI=1S/C16H39NO5Si4/c1-11-13-17(16(18)19)14-12-15-26(20-23(2,3)4,21-24(5,6)7)22-25(8,9)10/h11,13H,12,14-15H2,1-10H3,(H,18,19). The molecular weight excluding hydrogens is 399 g/mol. The van der Waals surface area contributed by atoms with E-state index in [0.717, 1.165) is 0 Å². The maximum Gasteiger partial charge on any atom is 0.469 e. The maximum atomic E-state index is 11.3. The van der Waals surface area contributed by atoms with E-state index in [1.54, 1.807) is 12.3 Å². The van der Waals surface area contributed by atoms with Crippen molar-refractivity contribution in [2.45, 2.75) is 78.3 Å². The lowest BCUT2D eigenvalue weighted by atomic mass is 10.4. The van der Waals surface area contributed by atoms with Crippen LogP contribution in [0.15, 0.2) is 12.3 Å². The molecule has 0 aromatic rings. The van der Waals surface area contributed by atoms with Gasteiger partial charge in [0.15, 0.2) is 25.0 Å². The smallest absolute Gasteiger partial charge is 0.465 e. The summed E-state index contributed by atoms with van der Waals surface area (Å²) in [4.78, 5) is 12.6. The molecule has 0 aliphatic carbocycles.